The van der Waals surface area contributed by atoms with Gasteiger partial charge >= 0.3 is 0 Å². The number of hydrogen-bond acceptors (Lipinski definition) is 1. The average molecular weight is 171 g/mol. The first-order valence-corrected chi connectivity index (χ1v) is 4.93. The lowest BCUT2D eigenvalue weighted by atomic mass is 10.1. The van der Waals surface area contributed by atoms with E-state index in [2.05, 4.69) is 32.6 Å². The minimum Gasteiger partial charge on any atom is -0.302 e. The van der Waals surface area contributed by atoms with E-state index in [9.17, 15) is 0 Å². The molecule has 12 heavy (non-hydrogen) atoms. The van der Waals surface area contributed by atoms with Crippen molar-refractivity contribution in [3.8, 4) is 0 Å². The SMILES string of the molecule is CC(C)CN(CC[NH])CC(C)C. The molecule has 0 bridgehead atoms. The zero-order chi connectivity index (χ0) is 9.56. The van der Waals surface area contributed by atoms with Gasteiger partial charge in [-0.2, -0.15) is 0 Å². The third-order valence-electron chi connectivity index (χ3n) is 1.67. The largest absolute Gasteiger partial charge is 0.302 e. The second-order valence-electron chi connectivity index (χ2n) is 4.30. The minimum atomic E-state index is 0.527. The highest BCUT2D eigenvalue weighted by molar-refractivity contribution is 4.62. The zero-order valence-electron chi connectivity index (χ0n) is 8.93. The first-order chi connectivity index (χ1) is 5.56. The van der Waals surface area contributed by atoms with Crippen molar-refractivity contribution in [2.75, 3.05) is 26.2 Å². The minimum absolute atomic E-state index is 0.527. The zero-order valence-corrected chi connectivity index (χ0v) is 8.93. The van der Waals surface area contributed by atoms with Gasteiger partial charge in [0.1, 0.15) is 0 Å². The molecule has 0 spiro atoms. The van der Waals surface area contributed by atoms with E-state index in [-0.39, 0.29) is 0 Å². The quantitative estimate of drug-likeness (QED) is 0.599. The van der Waals surface area contributed by atoms with Gasteiger partial charge in [0.2, 0.25) is 0 Å². The Morgan fingerprint density at radius 1 is 1.00 bits per heavy atom. The van der Waals surface area contributed by atoms with Gasteiger partial charge in [0.05, 0.1) is 0 Å². The van der Waals surface area contributed by atoms with Crippen LogP contribution in [0.3, 0.4) is 0 Å². The van der Waals surface area contributed by atoms with Crippen molar-refractivity contribution in [2.45, 2.75) is 27.7 Å². The topological polar surface area (TPSA) is 27.0 Å². The van der Waals surface area contributed by atoms with E-state index in [1.165, 1.54) is 0 Å². The highest BCUT2D eigenvalue weighted by Gasteiger charge is 2.07. The van der Waals surface area contributed by atoms with Crippen molar-refractivity contribution in [2.24, 2.45) is 11.8 Å². The number of rotatable bonds is 6. The molecule has 2 heteroatoms. The van der Waals surface area contributed by atoms with Crippen LogP contribution in [0.5, 0.6) is 0 Å². The fraction of sp³-hybridized carbons (Fsp3) is 1.00. The maximum absolute atomic E-state index is 7.18. The van der Waals surface area contributed by atoms with Gasteiger partial charge in [0, 0.05) is 26.2 Å². The van der Waals surface area contributed by atoms with Crippen LogP contribution >= 0.6 is 0 Å². The molecule has 1 radical (unpaired) electrons. The molecule has 0 unspecified atom stereocenters. The molecule has 0 aliphatic carbocycles. The van der Waals surface area contributed by atoms with E-state index in [1.807, 2.05) is 0 Å². The summed E-state index contributed by atoms with van der Waals surface area (Å²) >= 11 is 0. The van der Waals surface area contributed by atoms with Crippen LogP contribution in [0.4, 0.5) is 0 Å². The first-order valence-electron chi connectivity index (χ1n) is 4.93. The molecule has 0 aromatic rings. The van der Waals surface area contributed by atoms with Crippen molar-refractivity contribution >= 4 is 0 Å². The molecule has 0 amide bonds. The summed E-state index contributed by atoms with van der Waals surface area (Å²) in [5.41, 5.74) is 7.18. The molecule has 0 aromatic heterocycles. The Bertz CT molecular complexity index is 90.0. The van der Waals surface area contributed by atoms with Crippen LogP contribution in [0.1, 0.15) is 27.7 Å². The van der Waals surface area contributed by atoms with Crippen LogP contribution in [0.2, 0.25) is 0 Å². The van der Waals surface area contributed by atoms with Crippen molar-refractivity contribution in [3.05, 3.63) is 0 Å². The predicted molar refractivity (Wildman–Crippen MR) is 54.1 cm³/mol. The van der Waals surface area contributed by atoms with Gasteiger partial charge in [-0.3, -0.25) is 5.73 Å². The van der Waals surface area contributed by atoms with Crippen LogP contribution in [0.15, 0.2) is 0 Å². The lowest BCUT2D eigenvalue weighted by molar-refractivity contribution is 0.224. The maximum Gasteiger partial charge on any atom is 0.0228 e. The number of hydrogen-bond donors (Lipinski definition) is 0. The fourth-order valence-corrected chi connectivity index (χ4v) is 1.45. The van der Waals surface area contributed by atoms with Gasteiger partial charge in [-0.05, 0) is 11.8 Å². The van der Waals surface area contributed by atoms with Gasteiger partial charge in [0.15, 0.2) is 0 Å². The van der Waals surface area contributed by atoms with E-state index in [4.69, 9.17) is 5.73 Å². The van der Waals surface area contributed by atoms with E-state index >= 15 is 0 Å². The third kappa shape index (κ3) is 6.62. The third-order valence-corrected chi connectivity index (χ3v) is 1.67. The van der Waals surface area contributed by atoms with Crippen LogP contribution in [-0.2, 0) is 0 Å². The van der Waals surface area contributed by atoms with Crippen molar-refractivity contribution < 1.29 is 0 Å². The Balaban J connectivity index is 3.69. The molecule has 0 saturated heterocycles. The Labute approximate surface area is 77.1 Å². The Morgan fingerprint density at radius 3 is 1.67 bits per heavy atom. The summed E-state index contributed by atoms with van der Waals surface area (Å²) in [5, 5.41) is 0. The standard InChI is InChI=1S/C10H23N2/c1-9(2)7-12(6-5-11)8-10(3)4/h9-11H,5-8H2,1-4H3. The second-order valence-corrected chi connectivity index (χ2v) is 4.30. The van der Waals surface area contributed by atoms with E-state index in [0.717, 1.165) is 31.5 Å². The van der Waals surface area contributed by atoms with E-state index in [0.29, 0.717) is 6.54 Å². The van der Waals surface area contributed by atoms with Gasteiger partial charge in [-0.25, -0.2) is 0 Å². The van der Waals surface area contributed by atoms with Gasteiger partial charge < -0.3 is 4.90 Å². The molecular formula is C10H23N2. The molecule has 2 nitrogen and oxygen atoms in total. The molecule has 0 aliphatic rings. The summed E-state index contributed by atoms with van der Waals surface area (Å²) in [4.78, 5) is 2.39. The Kier molecular flexibility index (Phi) is 6.39. The highest BCUT2D eigenvalue weighted by atomic mass is 15.1. The smallest absolute Gasteiger partial charge is 0.0228 e. The second kappa shape index (κ2) is 6.44. The number of nitrogens with one attached hydrogen (secondary N) is 1. The molecule has 0 fully saturated rings. The number of nitrogens with zero attached hydrogens (tertiary/aromatic N) is 1. The normalized spacial score (nSPS) is 12.0. The fourth-order valence-electron chi connectivity index (χ4n) is 1.45. The molecule has 73 valence electrons. The molecular weight excluding hydrogens is 148 g/mol. The van der Waals surface area contributed by atoms with Crippen molar-refractivity contribution in [1.29, 1.82) is 0 Å². The van der Waals surface area contributed by atoms with E-state index < -0.39 is 0 Å². The highest BCUT2D eigenvalue weighted by Crippen LogP contribution is 2.02. The Morgan fingerprint density at radius 2 is 1.42 bits per heavy atom. The van der Waals surface area contributed by atoms with Crippen molar-refractivity contribution in [3.63, 3.8) is 0 Å². The lowest BCUT2D eigenvalue weighted by Gasteiger charge is -2.25. The maximum atomic E-state index is 7.18. The van der Waals surface area contributed by atoms with Crippen LogP contribution < -0.4 is 5.73 Å². The van der Waals surface area contributed by atoms with Crippen LogP contribution in [-0.4, -0.2) is 31.1 Å². The molecule has 1 N–H and O–H groups in total. The average Bonchev–Trinajstić information content (AvgIpc) is 1.84. The summed E-state index contributed by atoms with van der Waals surface area (Å²) in [5.74, 6) is 1.44. The van der Waals surface area contributed by atoms with Crippen molar-refractivity contribution in [1.82, 2.24) is 10.6 Å². The molecule has 0 atom stereocenters. The summed E-state index contributed by atoms with van der Waals surface area (Å²) in [6.45, 7) is 12.7. The monoisotopic (exact) mass is 171 g/mol. The molecule has 0 aliphatic heterocycles. The lowest BCUT2D eigenvalue weighted by Crippen LogP contribution is -2.33. The van der Waals surface area contributed by atoms with Crippen LogP contribution in [0, 0.1) is 11.8 Å². The summed E-state index contributed by atoms with van der Waals surface area (Å²) < 4.78 is 0. The Hall–Kier alpha value is -0.0800. The van der Waals surface area contributed by atoms with Gasteiger partial charge in [-0.1, -0.05) is 27.7 Å². The summed E-state index contributed by atoms with van der Waals surface area (Å²) in [6.07, 6.45) is 0. The van der Waals surface area contributed by atoms with Crippen LogP contribution in [0.25, 0.3) is 0 Å². The molecule has 0 aromatic carbocycles. The summed E-state index contributed by atoms with van der Waals surface area (Å²) in [6, 6.07) is 0. The molecule has 0 rings (SSSR count). The molecule has 0 heterocycles. The van der Waals surface area contributed by atoms with E-state index in [1.54, 1.807) is 0 Å². The van der Waals surface area contributed by atoms with Gasteiger partial charge in [0.25, 0.3) is 0 Å². The predicted octanol–water partition coefficient (Wildman–Crippen LogP) is 1.88. The summed E-state index contributed by atoms with van der Waals surface area (Å²) in [7, 11) is 0. The first kappa shape index (κ1) is 11.9. The molecule has 0 saturated carbocycles. The van der Waals surface area contributed by atoms with Gasteiger partial charge in [-0.15, -0.1) is 0 Å².